The molecule has 1 aliphatic rings. The second-order valence-electron chi connectivity index (χ2n) is 4.90. The fourth-order valence-electron chi connectivity index (χ4n) is 2.27. The molecule has 0 unspecified atom stereocenters. The van der Waals surface area contributed by atoms with Crippen molar-refractivity contribution in [2.75, 3.05) is 31.5 Å². The summed E-state index contributed by atoms with van der Waals surface area (Å²) in [5, 5.41) is 3.39. The number of likely N-dealkylation sites (tertiary alicyclic amines) is 1. The maximum absolute atomic E-state index is 4.35. The molecule has 1 fully saturated rings. The zero-order chi connectivity index (χ0) is 11.9. The Balaban J connectivity index is 1.69. The van der Waals surface area contributed by atoms with E-state index in [2.05, 4.69) is 34.3 Å². The SMILES string of the molecule is Cc1ccc(NCCN2CCCCCC2)nc1. The third kappa shape index (κ3) is 4.35. The van der Waals surface area contributed by atoms with Gasteiger partial charge < -0.3 is 10.2 Å². The highest BCUT2D eigenvalue weighted by Gasteiger charge is 2.07. The second-order valence-corrected chi connectivity index (χ2v) is 4.90. The largest absolute Gasteiger partial charge is 0.369 e. The Morgan fingerprint density at radius 1 is 1.18 bits per heavy atom. The standard InChI is InChI=1S/C14H23N3/c1-13-6-7-14(16-12-13)15-8-11-17-9-4-2-3-5-10-17/h6-7,12H,2-5,8-11H2,1H3,(H,15,16). The van der Waals surface area contributed by atoms with Crippen molar-refractivity contribution in [2.45, 2.75) is 32.6 Å². The van der Waals surface area contributed by atoms with E-state index in [1.54, 1.807) is 0 Å². The quantitative estimate of drug-likeness (QED) is 0.866. The van der Waals surface area contributed by atoms with Gasteiger partial charge >= 0.3 is 0 Å². The van der Waals surface area contributed by atoms with E-state index in [-0.39, 0.29) is 0 Å². The molecule has 0 aromatic carbocycles. The molecule has 94 valence electrons. The normalized spacial score (nSPS) is 17.7. The molecule has 0 bridgehead atoms. The van der Waals surface area contributed by atoms with E-state index in [0.29, 0.717) is 0 Å². The first-order chi connectivity index (χ1) is 8.34. The minimum Gasteiger partial charge on any atom is -0.369 e. The topological polar surface area (TPSA) is 28.2 Å². The molecule has 17 heavy (non-hydrogen) atoms. The predicted molar refractivity (Wildman–Crippen MR) is 72.4 cm³/mol. The summed E-state index contributed by atoms with van der Waals surface area (Å²) in [6, 6.07) is 4.15. The van der Waals surface area contributed by atoms with Crippen LogP contribution in [-0.4, -0.2) is 36.1 Å². The van der Waals surface area contributed by atoms with Crippen molar-refractivity contribution in [1.82, 2.24) is 9.88 Å². The average Bonchev–Trinajstić information content (AvgIpc) is 2.60. The molecule has 1 aliphatic heterocycles. The van der Waals surface area contributed by atoms with E-state index < -0.39 is 0 Å². The predicted octanol–water partition coefficient (Wildman–Crippen LogP) is 2.68. The van der Waals surface area contributed by atoms with Crippen LogP contribution in [0.2, 0.25) is 0 Å². The summed E-state index contributed by atoms with van der Waals surface area (Å²) in [6.07, 6.45) is 7.45. The molecule has 0 radical (unpaired) electrons. The number of aryl methyl sites for hydroxylation is 1. The number of aromatic nitrogens is 1. The molecule has 0 saturated carbocycles. The fraction of sp³-hybridized carbons (Fsp3) is 0.643. The Labute approximate surface area is 104 Å². The number of anilines is 1. The zero-order valence-corrected chi connectivity index (χ0v) is 10.8. The minimum atomic E-state index is 0.991. The van der Waals surface area contributed by atoms with Gasteiger partial charge in [0, 0.05) is 19.3 Å². The number of rotatable bonds is 4. The lowest BCUT2D eigenvalue weighted by atomic mass is 10.2. The fourth-order valence-corrected chi connectivity index (χ4v) is 2.27. The van der Waals surface area contributed by atoms with Gasteiger partial charge in [0.2, 0.25) is 0 Å². The highest BCUT2D eigenvalue weighted by molar-refractivity contribution is 5.34. The summed E-state index contributed by atoms with van der Waals surface area (Å²) in [6.45, 7) is 6.73. The van der Waals surface area contributed by atoms with Crippen LogP contribution in [0.1, 0.15) is 31.2 Å². The average molecular weight is 233 g/mol. The summed E-state index contributed by atoms with van der Waals surface area (Å²) >= 11 is 0. The summed E-state index contributed by atoms with van der Waals surface area (Å²) in [4.78, 5) is 6.91. The molecule has 0 aliphatic carbocycles. The van der Waals surface area contributed by atoms with Gasteiger partial charge in [-0.1, -0.05) is 18.9 Å². The third-order valence-electron chi connectivity index (χ3n) is 3.34. The zero-order valence-electron chi connectivity index (χ0n) is 10.8. The van der Waals surface area contributed by atoms with Gasteiger partial charge in [0.15, 0.2) is 0 Å². The van der Waals surface area contributed by atoms with Gasteiger partial charge in [-0.25, -0.2) is 4.98 Å². The Morgan fingerprint density at radius 3 is 2.59 bits per heavy atom. The molecular weight excluding hydrogens is 210 g/mol. The Morgan fingerprint density at radius 2 is 1.94 bits per heavy atom. The lowest BCUT2D eigenvalue weighted by Crippen LogP contribution is -2.30. The third-order valence-corrected chi connectivity index (χ3v) is 3.34. The second kappa shape index (κ2) is 6.60. The Hall–Kier alpha value is -1.09. The monoisotopic (exact) mass is 233 g/mol. The van der Waals surface area contributed by atoms with E-state index >= 15 is 0 Å². The maximum atomic E-state index is 4.35. The molecule has 1 saturated heterocycles. The molecule has 0 amide bonds. The van der Waals surface area contributed by atoms with E-state index in [9.17, 15) is 0 Å². The Bertz CT molecular complexity index is 313. The minimum absolute atomic E-state index is 0.991. The van der Waals surface area contributed by atoms with Crippen molar-refractivity contribution in [3.63, 3.8) is 0 Å². The van der Waals surface area contributed by atoms with Crippen LogP contribution in [0.5, 0.6) is 0 Å². The highest BCUT2D eigenvalue weighted by Crippen LogP contribution is 2.09. The maximum Gasteiger partial charge on any atom is 0.125 e. The highest BCUT2D eigenvalue weighted by atomic mass is 15.1. The van der Waals surface area contributed by atoms with Crippen LogP contribution in [-0.2, 0) is 0 Å². The number of hydrogen-bond acceptors (Lipinski definition) is 3. The molecule has 2 heterocycles. The number of nitrogens with zero attached hydrogens (tertiary/aromatic N) is 2. The van der Waals surface area contributed by atoms with Crippen LogP contribution in [0.15, 0.2) is 18.3 Å². The van der Waals surface area contributed by atoms with Gasteiger partial charge in [-0.15, -0.1) is 0 Å². The van der Waals surface area contributed by atoms with Gasteiger partial charge in [-0.05, 0) is 44.5 Å². The Kier molecular flexibility index (Phi) is 4.80. The van der Waals surface area contributed by atoms with Crippen LogP contribution in [0.25, 0.3) is 0 Å². The summed E-state index contributed by atoms with van der Waals surface area (Å²) < 4.78 is 0. The first-order valence-corrected chi connectivity index (χ1v) is 6.73. The van der Waals surface area contributed by atoms with Crippen LogP contribution in [0.4, 0.5) is 5.82 Å². The van der Waals surface area contributed by atoms with Crippen LogP contribution in [0, 0.1) is 6.92 Å². The van der Waals surface area contributed by atoms with Gasteiger partial charge in [-0.2, -0.15) is 0 Å². The van der Waals surface area contributed by atoms with Gasteiger partial charge in [0.1, 0.15) is 5.82 Å². The number of hydrogen-bond donors (Lipinski definition) is 1. The van der Waals surface area contributed by atoms with Crippen LogP contribution >= 0.6 is 0 Å². The first kappa shape index (κ1) is 12.4. The molecule has 2 rings (SSSR count). The number of nitrogens with one attached hydrogen (secondary N) is 1. The van der Waals surface area contributed by atoms with Crippen molar-refractivity contribution in [1.29, 1.82) is 0 Å². The van der Waals surface area contributed by atoms with Gasteiger partial charge in [0.05, 0.1) is 0 Å². The lowest BCUT2D eigenvalue weighted by Gasteiger charge is -2.19. The number of pyridine rings is 1. The molecule has 0 atom stereocenters. The molecule has 3 heteroatoms. The van der Waals surface area contributed by atoms with Crippen molar-refractivity contribution in [2.24, 2.45) is 0 Å². The van der Waals surface area contributed by atoms with Crippen LogP contribution in [0.3, 0.4) is 0 Å². The van der Waals surface area contributed by atoms with Crippen molar-refractivity contribution >= 4 is 5.82 Å². The molecule has 1 aromatic heterocycles. The van der Waals surface area contributed by atoms with Crippen molar-refractivity contribution in [3.05, 3.63) is 23.9 Å². The molecule has 1 N–H and O–H groups in total. The lowest BCUT2D eigenvalue weighted by molar-refractivity contribution is 0.296. The van der Waals surface area contributed by atoms with Gasteiger partial charge in [-0.3, -0.25) is 0 Å². The summed E-state index contributed by atoms with van der Waals surface area (Å²) in [7, 11) is 0. The van der Waals surface area contributed by atoms with Crippen molar-refractivity contribution in [3.8, 4) is 0 Å². The van der Waals surface area contributed by atoms with E-state index in [0.717, 1.165) is 18.9 Å². The van der Waals surface area contributed by atoms with Crippen LogP contribution < -0.4 is 5.32 Å². The molecular formula is C14H23N3. The van der Waals surface area contributed by atoms with Crippen molar-refractivity contribution < 1.29 is 0 Å². The smallest absolute Gasteiger partial charge is 0.125 e. The molecule has 0 spiro atoms. The molecule has 1 aromatic rings. The molecule has 3 nitrogen and oxygen atoms in total. The van der Waals surface area contributed by atoms with E-state index in [4.69, 9.17) is 0 Å². The summed E-state index contributed by atoms with van der Waals surface area (Å²) in [5.41, 5.74) is 1.21. The first-order valence-electron chi connectivity index (χ1n) is 6.73. The van der Waals surface area contributed by atoms with Gasteiger partial charge in [0.25, 0.3) is 0 Å². The summed E-state index contributed by atoms with van der Waals surface area (Å²) in [5.74, 6) is 0.991. The van der Waals surface area contributed by atoms with E-state index in [1.807, 2.05) is 6.20 Å². The van der Waals surface area contributed by atoms with E-state index in [1.165, 1.54) is 44.3 Å².